The summed E-state index contributed by atoms with van der Waals surface area (Å²) in [6, 6.07) is -1.35. The van der Waals surface area contributed by atoms with E-state index in [9.17, 15) is 9.59 Å². The SMILES string of the molecule is N[C@@H](CNC(=O)N1CCCOCC1)C(=O)O. The molecular formula is C9H17N3O4. The summed E-state index contributed by atoms with van der Waals surface area (Å²) in [5, 5.41) is 11.0. The Kier molecular flexibility index (Phi) is 5.00. The number of hydrogen-bond donors (Lipinski definition) is 3. The third-order valence-corrected chi connectivity index (χ3v) is 2.30. The van der Waals surface area contributed by atoms with E-state index >= 15 is 0 Å². The molecule has 92 valence electrons. The molecule has 1 rings (SSSR count). The molecule has 7 heteroatoms. The van der Waals surface area contributed by atoms with Crippen LogP contribution in [0.1, 0.15) is 6.42 Å². The summed E-state index contributed by atoms with van der Waals surface area (Å²) in [5.74, 6) is -1.13. The van der Waals surface area contributed by atoms with Crippen LogP contribution in [0, 0.1) is 0 Å². The van der Waals surface area contributed by atoms with Gasteiger partial charge >= 0.3 is 12.0 Å². The van der Waals surface area contributed by atoms with Gasteiger partial charge in [-0.15, -0.1) is 0 Å². The lowest BCUT2D eigenvalue weighted by Gasteiger charge is -2.20. The smallest absolute Gasteiger partial charge is 0.322 e. The van der Waals surface area contributed by atoms with E-state index in [4.69, 9.17) is 15.6 Å². The van der Waals surface area contributed by atoms with Gasteiger partial charge < -0.3 is 25.8 Å². The topological polar surface area (TPSA) is 105 Å². The maximum atomic E-state index is 11.6. The Morgan fingerprint density at radius 1 is 1.44 bits per heavy atom. The first-order valence-corrected chi connectivity index (χ1v) is 5.20. The molecule has 1 atom stereocenters. The summed E-state index contributed by atoms with van der Waals surface area (Å²) in [4.78, 5) is 23.6. The van der Waals surface area contributed by atoms with E-state index < -0.39 is 12.0 Å². The number of carboxylic acid groups (broad SMARTS) is 1. The van der Waals surface area contributed by atoms with Crippen molar-refractivity contribution in [2.24, 2.45) is 5.73 Å². The molecule has 1 heterocycles. The summed E-state index contributed by atoms with van der Waals surface area (Å²) in [6.07, 6.45) is 0.790. The number of carbonyl (C=O) groups excluding carboxylic acids is 1. The quantitative estimate of drug-likeness (QED) is 0.567. The van der Waals surface area contributed by atoms with Crippen molar-refractivity contribution in [3.63, 3.8) is 0 Å². The van der Waals surface area contributed by atoms with Crippen LogP contribution in [-0.2, 0) is 9.53 Å². The number of carboxylic acids is 1. The molecule has 0 aromatic rings. The Hall–Kier alpha value is -1.34. The Morgan fingerprint density at radius 2 is 2.19 bits per heavy atom. The van der Waals surface area contributed by atoms with Crippen LogP contribution in [0.3, 0.4) is 0 Å². The van der Waals surface area contributed by atoms with Crippen molar-refractivity contribution in [3.05, 3.63) is 0 Å². The van der Waals surface area contributed by atoms with E-state index in [0.29, 0.717) is 26.3 Å². The fraction of sp³-hybridized carbons (Fsp3) is 0.778. The van der Waals surface area contributed by atoms with Gasteiger partial charge in [0.2, 0.25) is 0 Å². The van der Waals surface area contributed by atoms with Crippen LogP contribution < -0.4 is 11.1 Å². The maximum Gasteiger partial charge on any atom is 0.322 e. The van der Waals surface area contributed by atoms with Crippen LogP contribution in [0.15, 0.2) is 0 Å². The van der Waals surface area contributed by atoms with Gasteiger partial charge in [-0.1, -0.05) is 0 Å². The molecule has 0 unspecified atom stereocenters. The lowest BCUT2D eigenvalue weighted by atomic mass is 10.3. The van der Waals surface area contributed by atoms with Gasteiger partial charge in [0, 0.05) is 26.2 Å². The molecule has 0 aromatic heterocycles. The summed E-state index contributed by atoms with van der Waals surface area (Å²) in [7, 11) is 0. The molecule has 7 nitrogen and oxygen atoms in total. The number of rotatable bonds is 3. The van der Waals surface area contributed by atoms with E-state index in [2.05, 4.69) is 5.32 Å². The largest absolute Gasteiger partial charge is 0.480 e. The lowest BCUT2D eigenvalue weighted by Crippen LogP contribution is -2.47. The number of carbonyl (C=O) groups is 2. The summed E-state index contributed by atoms with van der Waals surface area (Å²) in [5.41, 5.74) is 5.27. The third-order valence-electron chi connectivity index (χ3n) is 2.30. The zero-order valence-electron chi connectivity index (χ0n) is 9.02. The zero-order chi connectivity index (χ0) is 12.0. The molecule has 0 spiro atoms. The van der Waals surface area contributed by atoms with Gasteiger partial charge in [-0.25, -0.2) is 4.79 Å². The Morgan fingerprint density at radius 3 is 2.88 bits per heavy atom. The molecule has 0 aliphatic carbocycles. The molecular weight excluding hydrogens is 214 g/mol. The van der Waals surface area contributed by atoms with Crippen LogP contribution in [0.4, 0.5) is 4.79 Å². The van der Waals surface area contributed by atoms with E-state index in [1.54, 1.807) is 4.90 Å². The second-order valence-corrected chi connectivity index (χ2v) is 3.58. The van der Waals surface area contributed by atoms with Crippen molar-refractivity contribution in [1.29, 1.82) is 0 Å². The molecule has 0 aromatic carbocycles. The van der Waals surface area contributed by atoms with Crippen molar-refractivity contribution < 1.29 is 19.4 Å². The molecule has 0 radical (unpaired) electrons. The van der Waals surface area contributed by atoms with Gasteiger partial charge in [-0.3, -0.25) is 4.79 Å². The average Bonchev–Trinajstić information content (AvgIpc) is 2.53. The molecule has 1 saturated heterocycles. The molecule has 1 aliphatic rings. The van der Waals surface area contributed by atoms with Crippen LogP contribution in [0.5, 0.6) is 0 Å². The van der Waals surface area contributed by atoms with E-state index in [-0.39, 0.29) is 12.6 Å². The molecule has 2 amide bonds. The highest BCUT2D eigenvalue weighted by Crippen LogP contribution is 1.99. The van der Waals surface area contributed by atoms with Gasteiger partial charge in [-0.2, -0.15) is 0 Å². The van der Waals surface area contributed by atoms with Gasteiger partial charge in [0.05, 0.1) is 6.61 Å². The number of nitrogens with one attached hydrogen (secondary N) is 1. The zero-order valence-corrected chi connectivity index (χ0v) is 9.02. The first-order valence-electron chi connectivity index (χ1n) is 5.20. The molecule has 0 saturated carbocycles. The minimum Gasteiger partial charge on any atom is -0.480 e. The second-order valence-electron chi connectivity index (χ2n) is 3.58. The van der Waals surface area contributed by atoms with Crippen molar-refractivity contribution in [1.82, 2.24) is 10.2 Å². The summed E-state index contributed by atoms with van der Waals surface area (Å²) in [6.45, 7) is 2.24. The summed E-state index contributed by atoms with van der Waals surface area (Å²) >= 11 is 0. The number of ether oxygens (including phenoxy) is 1. The molecule has 1 fully saturated rings. The maximum absolute atomic E-state index is 11.6. The fourth-order valence-electron chi connectivity index (χ4n) is 1.35. The van der Waals surface area contributed by atoms with Crippen molar-refractivity contribution >= 4 is 12.0 Å². The van der Waals surface area contributed by atoms with E-state index in [1.165, 1.54) is 0 Å². The van der Waals surface area contributed by atoms with E-state index in [1.807, 2.05) is 0 Å². The minimum absolute atomic E-state index is 0.0640. The number of nitrogens with zero attached hydrogens (tertiary/aromatic N) is 1. The predicted octanol–water partition coefficient (Wildman–Crippen LogP) is -1.17. The van der Waals surface area contributed by atoms with Crippen molar-refractivity contribution in [2.75, 3.05) is 32.8 Å². The first-order chi connectivity index (χ1) is 7.61. The highest BCUT2D eigenvalue weighted by molar-refractivity contribution is 5.77. The third kappa shape index (κ3) is 4.03. The van der Waals surface area contributed by atoms with Gasteiger partial charge in [0.1, 0.15) is 6.04 Å². The number of urea groups is 1. The van der Waals surface area contributed by atoms with E-state index in [0.717, 1.165) is 6.42 Å². The van der Waals surface area contributed by atoms with Crippen molar-refractivity contribution in [2.45, 2.75) is 12.5 Å². The number of nitrogens with two attached hydrogens (primary N) is 1. The summed E-state index contributed by atoms with van der Waals surface area (Å²) < 4.78 is 5.20. The number of aliphatic carboxylic acids is 1. The standard InChI is InChI=1S/C9H17N3O4/c10-7(8(13)14)6-11-9(15)12-2-1-4-16-5-3-12/h7H,1-6,10H2,(H,11,15)(H,13,14)/t7-/m0/s1. The van der Waals surface area contributed by atoms with Crippen LogP contribution >= 0.6 is 0 Å². The van der Waals surface area contributed by atoms with Crippen molar-refractivity contribution in [3.8, 4) is 0 Å². The Labute approximate surface area is 93.5 Å². The van der Waals surface area contributed by atoms with Crippen LogP contribution in [0.2, 0.25) is 0 Å². The van der Waals surface area contributed by atoms with Gasteiger partial charge in [0.25, 0.3) is 0 Å². The highest BCUT2D eigenvalue weighted by atomic mass is 16.5. The first kappa shape index (κ1) is 12.7. The monoisotopic (exact) mass is 231 g/mol. The van der Waals surface area contributed by atoms with Gasteiger partial charge in [-0.05, 0) is 6.42 Å². The highest BCUT2D eigenvalue weighted by Gasteiger charge is 2.17. The number of hydrogen-bond acceptors (Lipinski definition) is 4. The Bertz CT molecular complexity index is 251. The van der Waals surface area contributed by atoms with Crippen LogP contribution in [0.25, 0.3) is 0 Å². The molecule has 16 heavy (non-hydrogen) atoms. The normalized spacial score (nSPS) is 18.7. The average molecular weight is 231 g/mol. The number of amides is 2. The fourth-order valence-corrected chi connectivity index (χ4v) is 1.35. The lowest BCUT2D eigenvalue weighted by molar-refractivity contribution is -0.138. The van der Waals surface area contributed by atoms with Crippen LogP contribution in [-0.4, -0.2) is 60.9 Å². The molecule has 0 bridgehead atoms. The molecule has 1 aliphatic heterocycles. The second kappa shape index (κ2) is 6.29. The predicted molar refractivity (Wildman–Crippen MR) is 56.0 cm³/mol. The Balaban J connectivity index is 2.30. The molecule has 4 N–H and O–H groups in total. The minimum atomic E-state index is -1.13. The van der Waals surface area contributed by atoms with Gasteiger partial charge in [0.15, 0.2) is 0 Å².